The van der Waals surface area contributed by atoms with Crippen molar-refractivity contribution in [1.82, 2.24) is 0 Å². The van der Waals surface area contributed by atoms with Gasteiger partial charge in [-0.1, -0.05) is 36.9 Å². The first-order chi connectivity index (χ1) is 12.4. The van der Waals surface area contributed by atoms with Crippen LogP contribution in [0.15, 0.2) is 47.4 Å². The Hall–Kier alpha value is -1.92. The summed E-state index contributed by atoms with van der Waals surface area (Å²) in [5.74, 6) is -0.994. The summed E-state index contributed by atoms with van der Waals surface area (Å²) in [6, 6.07) is 9.66. The van der Waals surface area contributed by atoms with Gasteiger partial charge in [-0.2, -0.15) is 0 Å². The summed E-state index contributed by atoms with van der Waals surface area (Å²) in [4.78, 5) is 12.4. The average Bonchev–Trinajstić information content (AvgIpc) is 2.62. The zero-order valence-electron chi connectivity index (χ0n) is 14.0. The average molecular weight is 396 g/mol. The third kappa shape index (κ3) is 4.07. The van der Waals surface area contributed by atoms with Gasteiger partial charge < -0.3 is 5.32 Å². The number of benzene rings is 2. The van der Waals surface area contributed by atoms with E-state index in [-0.39, 0.29) is 15.5 Å². The van der Waals surface area contributed by atoms with Crippen molar-refractivity contribution in [3.63, 3.8) is 0 Å². The highest BCUT2D eigenvalue weighted by atomic mass is 35.5. The third-order valence-electron chi connectivity index (χ3n) is 4.57. The lowest BCUT2D eigenvalue weighted by atomic mass is 10.0. The second-order valence-electron chi connectivity index (χ2n) is 6.41. The SMILES string of the molecule is O=C(Nc1cccc(F)c1)c1ccc(Cl)c(S(=O)(=O)C2CCCCC2)c1. The summed E-state index contributed by atoms with van der Waals surface area (Å²) in [5.41, 5.74) is 0.453. The van der Waals surface area contributed by atoms with Crippen molar-refractivity contribution >= 4 is 33.0 Å². The van der Waals surface area contributed by atoms with Gasteiger partial charge in [0.05, 0.1) is 15.2 Å². The first kappa shape index (κ1) is 18.9. The molecule has 0 radical (unpaired) electrons. The van der Waals surface area contributed by atoms with Gasteiger partial charge in [-0.25, -0.2) is 12.8 Å². The van der Waals surface area contributed by atoms with E-state index in [1.807, 2.05) is 0 Å². The van der Waals surface area contributed by atoms with Gasteiger partial charge in [0.25, 0.3) is 5.91 Å². The summed E-state index contributed by atoms with van der Waals surface area (Å²) in [6.45, 7) is 0. The smallest absolute Gasteiger partial charge is 0.255 e. The molecule has 1 N–H and O–H groups in total. The quantitative estimate of drug-likeness (QED) is 0.805. The molecule has 1 fully saturated rings. The van der Waals surface area contributed by atoms with E-state index < -0.39 is 26.8 Å². The van der Waals surface area contributed by atoms with E-state index in [9.17, 15) is 17.6 Å². The van der Waals surface area contributed by atoms with Crippen LogP contribution < -0.4 is 5.32 Å². The van der Waals surface area contributed by atoms with Gasteiger partial charge in [0, 0.05) is 11.3 Å². The maximum atomic E-state index is 13.3. The van der Waals surface area contributed by atoms with Crippen LogP contribution in [0, 0.1) is 5.82 Å². The molecule has 4 nitrogen and oxygen atoms in total. The number of rotatable bonds is 4. The van der Waals surface area contributed by atoms with Gasteiger partial charge in [-0.15, -0.1) is 0 Å². The fourth-order valence-electron chi connectivity index (χ4n) is 3.19. The molecule has 26 heavy (non-hydrogen) atoms. The van der Waals surface area contributed by atoms with Crippen LogP contribution >= 0.6 is 11.6 Å². The topological polar surface area (TPSA) is 63.2 Å². The van der Waals surface area contributed by atoms with Gasteiger partial charge in [-0.3, -0.25) is 4.79 Å². The molecular weight excluding hydrogens is 377 g/mol. The Balaban J connectivity index is 1.88. The minimum absolute atomic E-state index is 0.0158. The lowest BCUT2D eigenvalue weighted by Crippen LogP contribution is -2.24. The number of hydrogen-bond donors (Lipinski definition) is 1. The molecular formula is C19H19ClFNO3S. The Kier molecular flexibility index (Phi) is 5.63. The van der Waals surface area contributed by atoms with Crippen molar-refractivity contribution < 1.29 is 17.6 Å². The van der Waals surface area contributed by atoms with Gasteiger partial charge >= 0.3 is 0 Å². The van der Waals surface area contributed by atoms with Gasteiger partial charge in [-0.05, 0) is 49.2 Å². The maximum Gasteiger partial charge on any atom is 0.255 e. The monoisotopic (exact) mass is 395 g/mol. The molecule has 1 aliphatic carbocycles. The molecule has 138 valence electrons. The van der Waals surface area contributed by atoms with Gasteiger partial charge in [0.15, 0.2) is 9.84 Å². The Morgan fingerprint density at radius 1 is 1.08 bits per heavy atom. The first-order valence-electron chi connectivity index (χ1n) is 8.48. The molecule has 0 atom stereocenters. The number of sulfone groups is 1. The maximum absolute atomic E-state index is 13.3. The summed E-state index contributed by atoms with van der Waals surface area (Å²) in [7, 11) is -3.60. The van der Waals surface area contributed by atoms with Crippen molar-refractivity contribution in [2.24, 2.45) is 0 Å². The van der Waals surface area contributed by atoms with Crippen LogP contribution in [-0.2, 0) is 9.84 Å². The van der Waals surface area contributed by atoms with E-state index in [0.717, 1.165) is 19.3 Å². The number of nitrogens with one attached hydrogen (secondary N) is 1. The Morgan fingerprint density at radius 3 is 2.50 bits per heavy atom. The highest BCUT2D eigenvalue weighted by Gasteiger charge is 2.31. The normalized spacial score (nSPS) is 15.6. The summed E-state index contributed by atoms with van der Waals surface area (Å²) in [5, 5.41) is 2.21. The highest BCUT2D eigenvalue weighted by molar-refractivity contribution is 7.92. The molecule has 0 bridgehead atoms. The zero-order chi connectivity index (χ0) is 18.7. The Morgan fingerprint density at radius 2 is 1.81 bits per heavy atom. The van der Waals surface area contributed by atoms with Crippen molar-refractivity contribution in [3.05, 3.63) is 58.9 Å². The van der Waals surface area contributed by atoms with E-state index in [0.29, 0.717) is 18.5 Å². The van der Waals surface area contributed by atoms with Crippen LogP contribution in [0.3, 0.4) is 0 Å². The summed E-state index contributed by atoms with van der Waals surface area (Å²) in [6.07, 6.45) is 4.01. The van der Waals surface area contributed by atoms with Crippen LogP contribution in [0.4, 0.5) is 10.1 Å². The third-order valence-corrected chi connectivity index (χ3v) is 7.31. The van der Waals surface area contributed by atoms with Crippen molar-refractivity contribution in [3.8, 4) is 0 Å². The van der Waals surface area contributed by atoms with Crippen molar-refractivity contribution in [1.29, 1.82) is 0 Å². The molecule has 0 aliphatic heterocycles. The van der Waals surface area contributed by atoms with E-state index in [1.165, 1.54) is 36.4 Å². The number of amides is 1. The van der Waals surface area contributed by atoms with Crippen LogP contribution in [-0.4, -0.2) is 19.6 Å². The fourth-order valence-corrected chi connectivity index (χ4v) is 5.57. The lowest BCUT2D eigenvalue weighted by Gasteiger charge is -2.22. The van der Waals surface area contributed by atoms with Crippen LogP contribution in [0.1, 0.15) is 42.5 Å². The second-order valence-corrected chi connectivity index (χ2v) is 9.02. The highest BCUT2D eigenvalue weighted by Crippen LogP contribution is 2.32. The zero-order valence-corrected chi connectivity index (χ0v) is 15.6. The van der Waals surface area contributed by atoms with Gasteiger partial charge in [0.2, 0.25) is 0 Å². The van der Waals surface area contributed by atoms with E-state index in [2.05, 4.69) is 5.32 Å². The summed E-state index contributed by atoms with van der Waals surface area (Å²) < 4.78 is 39.1. The number of anilines is 1. The first-order valence-corrected chi connectivity index (χ1v) is 10.4. The molecule has 1 aliphatic rings. The molecule has 0 unspecified atom stereocenters. The van der Waals surface area contributed by atoms with Crippen LogP contribution in [0.5, 0.6) is 0 Å². The predicted octanol–water partition coefficient (Wildman–Crippen LogP) is 4.84. The molecule has 2 aromatic rings. The van der Waals surface area contributed by atoms with Crippen molar-refractivity contribution in [2.75, 3.05) is 5.32 Å². The molecule has 3 rings (SSSR count). The molecule has 7 heteroatoms. The van der Waals surface area contributed by atoms with Gasteiger partial charge in [0.1, 0.15) is 5.82 Å². The summed E-state index contributed by atoms with van der Waals surface area (Å²) >= 11 is 6.13. The van der Waals surface area contributed by atoms with E-state index >= 15 is 0 Å². The molecule has 2 aromatic carbocycles. The standard InChI is InChI=1S/C19H19ClFNO3S/c20-17-10-9-13(19(23)22-15-6-4-5-14(21)12-15)11-18(17)26(24,25)16-7-2-1-3-8-16/h4-6,9-12,16H,1-3,7-8H2,(H,22,23). The van der Waals surface area contributed by atoms with Crippen LogP contribution in [0.2, 0.25) is 5.02 Å². The molecule has 0 heterocycles. The van der Waals surface area contributed by atoms with Crippen LogP contribution in [0.25, 0.3) is 0 Å². The largest absolute Gasteiger partial charge is 0.322 e. The Bertz CT molecular complexity index is 924. The molecule has 1 saturated carbocycles. The number of carbonyl (C=O) groups is 1. The number of carbonyl (C=O) groups excluding carboxylic acids is 1. The van der Waals surface area contributed by atoms with E-state index in [4.69, 9.17) is 11.6 Å². The number of halogens is 2. The van der Waals surface area contributed by atoms with Crippen molar-refractivity contribution in [2.45, 2.75) is 42.2 Å². The molecule has 1 amide bonds. The minimum atomic E-state index is -3.60. The minimum Gasteiger partial charge on any atom is -0.322 e. The molecule has 0 saturated heterocycles. The predicted molar refractivity (Wildman–Crippen MR) is 99.9 cm³/mol. The second kappa shape index (κ2) is 7.76. The molecule has 0 aromatic heterocycles. The Labute approximate surface area is 157 Å². The number of hydrogen-bond acceptors (Lipinski definition) is 3. The fraction of sp³-hybridized carbons (Fsp3) is 0.316. The van der Waals surface area contributed by atoms with E-state index in [1.54, 1.807) is 6.07 Å². The molecule has 0 spiro atoms. The lowest BCUT2D eigenvalue weighted by molar-refractivity contribution is 0.102.